The molecule has 2 nitrogen and oxygen atoms in total. The molecule has 19 heavy (non-hydrogen) atoms. The first kappa shape index (κ1) is 13.4. The lowest BCUT2D eigenvalue weighted by Crippen LogP contribution is -3.00. The van der Waals surface area contributed by atoms with Crippen LogP contribution in [0, 0.1) is 6.92 Å². The van der Waals surface area contributed by atoms with E-state index in [4.69, 9.17) is 10.2 Å². The molecule has 0 fully saturated rings. The number of nitrogen functional groups attached to an aromatic ring is 1. The molecule has 96 valence electrons. The summed E-state index contributed by atoms with van der Waals surface area (Å²) in [5, 5.41) is 1.10. The molecule has 0 radical (unpaired) electrons. The number of nitrogens with two attached hydrogens (primary N) is 1. The second-order valence-electron chi connectivity index (χ2n) is 4.42. The number of fused-ring (bicyclic) bond motifs is 1. The van der Waals surface area contributed by atoms with E-state index < -0.39 is 0 Å². The van der Waals surface area contributed by atoms with Crippen molar-refractivity contribution in [2.75, 3.05) is 5.73 Å². The first-order chi connectivity index (χ1) is 8.74. The fraction of sp³-hybridized carbons (Fsp3) is 0.0625. The van der Waals surface area contributed by atoms with E-state index in [2.05, 4.69) is 13.0 Å². The van der Waals surface area contributed by atoms with Crippen molar-refractivity contribution in [1.29, 1.82) is 0 Å². The fourth-order valence-electron chi connectivity index (χ4n) is 2.12. The van der Waals surface area contributed by atoms with Gasteiger partial charge < -0.3 is 18.1 Å². The normalized spacial score (nSPS) is 10.2. The van der Waals surface area contributed by atoms with Crippen LogP contribution in [0.1, 0.15) is 5.56 Å². The van der Waals surface area contributed by atoms with E-state index >= 15 is 0 Å². The van der Waals surface area contributed by atoms with Crippen LogP contribution >= 0.6 is 0 Å². The largest absolute Gasteiger partial charge is 1.00 e. The minimum absolute atomic E-state index is 0. The Labute approximate surface area is 118 Å². The molecule has 0 aliphatic heterocycles. The molecule has 2 aromatic carbocycles. The fourth-order valence-corrected chi connectivity index (χ4v) is 2.12. The highest BCUT2D eigenvalue weighted by atomic mass is 35.5. The Bertz CT molecular complexity index is 711. The molecular formula is C16H14ClNO. The molecule has 0 atom stereocenters. The summed E-state index contributed by atoms with van der Waals surface area (Å²) in [5.41, 5.74) is 9.61. The van der Waals surface area contributed by atoms with E-state index in [1.165, 1.54) is 5.56 Å². The van der Waals surface area contributed by atoms with E-state index in [-0.39, 0.29) is 12.4 Å². The molecule has 0 unspecified atom stereocenters. The maximum absolute atomic E-state index is 5.93. The third kappa shape index (κ3) is 2.54. The van der Waals surface area contributed by atoms with Gasteiger partial charge in [0.25, 0.3) is 0 Å². The average molecular weight is 272 g/mol. The zero-order chi connectivity index (χ0) is 12.5. The van der Waals surface area contributed by atoms with Gasteiger partial charge in [-0.15, -0.1) is 0 Å². The van der Waals surface area contributed by atoms with E-state index in [9.17, 15) is 0 Å². The molecule has 1 heterocycles. The Hall–Kier alpha value is -2.06. The molecule has 0 saturated heterocycles. The molecule has 0 aliphatic carbocycles. The van der Waals surface area contributed by atoms with Crippen LogP contribution in [0.2, 0.25) is 0 Å². The third-order valence-electron chi connectivity index (χ3n) is 3.06. The van der Waals surface area contributed by atoms with Crippen LogP contribution < -0.4 is 18.1 Å². The van der Waals surface area contributed by atoms with Gasteiger partial charge in [-0.25, -0.2) is 4.42 Å². The standard InChI is InChI=1S/C16H14NO.ClH/c1-11-9-15(12-5-3-2-4-6-12)18-16-10-13(17)7-8-14(11)16;/h2-10H,17H2,1H3;1H/q+1;/p-1. The summed E-state index contributed by atoms with van der Waals surface area (Å²) in [6.45, 7) is 2.08. The summed E-state index contributed by atoms with van der Waals surface area (Å²) in [6.07, 6.45) is 0. The summed E-state index contributed by atoms with van der Waals surface area (Å²) in [7, 11) is 0. The van der Waals surface area contributed by atoms with E-state index in [1.54, 1.807) is 0 Å². The number of hydrogen-bond acceptors (Lipinski definition) is 1. The predicted octanol–water partition coefficient (Wildman–Crippen LogP) is 1.28. The molecule has 1 aromatic heterocycles. The average Bonchev–Trinajstić information content (AvgIpc) is 2.39. The van der Waals surface area contributed by atoms with E-state index in [1.807, 2.05) is 48.5 Å². The lowest BCUT2D eigenvalue weighted by Gasteiger charge is -1.98. The van der Waals surface area contributed by atoms with Gasteiger partial charge in [-0.2, -0.15) is 0 Å². The van der Waals surface area contributed by atoms with Crippen LogP contribution in [0.25, 0.3) is 22.3 Å². The van der Waals surface area contributed by atoms with Crippen molar-refractivity contribution in [3.8, 4) is 11.3 Å². The topological polar surface area (TPSA) is 37.3 Å². The SMILES string of the molecule is Cc1cc(-c2ccccc2)[o+]c2cc(N)ccc12.[Cl-]. The van der Waals surface area contributed by atoms with Gasteiger partial charge in [0, 0.05) is 11.8 Å². The van der Waals surface area contributed by atoms with Crippen molar-refractivity contribution in [1.82, 2.24) is 0 Å². The molecule has 0 bridgehead atoms. The zero-order valence-corrected chi connectivity index (χ0v) is 11.3. The molecule has 2 N–H and O–H groups in total. The van der Waals surface area contributed by atoms with Gasteiger partial charge in [0.1, 0.15) is 0 Å². The Balaban J connectivity index is 0.00000133. The monoisotopic (exact) mass is 271 g/mol. The predicted molar refractivity (Wildman–Crippen MR) is 75.2 cm³/mol. The molecule has 3 rings (SSSR count). The summed E-state index contributed by atoms with van der Waals surface area (Å²) in [5.74, 6) is 0.867. The number of halogens is 1. The van der Waals surface area contributed by atoms with Crippen LogP contribution in [0.15, 0.2) is 59.0 Å². The van der Waals surface area contributed by atoms with Crippen molar-refractivity contribution in [3.05, 3.63) is 60.2 Å². The minimum atomic E-state index is 0. The van der Waals surface area contributed by atoms with Crippen LogP contribution in [0.4, 0.5) is 5.69 Å². The molecular weight excluding hydrogens is 258 g/mol. The summed E-state index contributed by atoms with van der Waals surface area (Å²) >= 11 is 0. The van der Waals surface area contributed by atoms with Crippen molar-refractivity contribution < 1.29 is 16.8 Å². The van der Waals surface area contributed by atoms with Crippen LogP contribution in [0.5, 0.6) is 0 Å². The number of aryl methyl sites for hydroxylation is 1. The summed E-state index contributed by atoms with van der Waals surface area (Å²) in [6, 6.07) is 17.9. The lowest BCUT2D eigenvalue weighted by molar-refractivity contribution is -0.00000413. The smallest absolute Gasteiger partial charge is 0.363 e. The molecule has 3 aromatic rings. The van der Waals surface area contributed by atoms with Crippen LogP contribution in [0.3, 0.4) is 0 Å². The van der Waals surface area contributed by atoms with Gasteiger partial charge in [0.15, 0.2) is 0 Å². The van der Waals surface area contributed by atoms with Gasteiger partial charge in [-0.1, -0.05) is 18.2 Å². The third-order valence-corrected chi connectivity index (χ3v) is 3.06. The Morgan fingerprint density at radius 2 is 1.68 bits per heavy atom. The second kappa shape index (κ2) is 5.29. The molecule has 0 aliphatic rings. The highest BCUT2D eigenvalue weighted by molar-refractivity contribution is 5.84. The number of benzene rings is 2. The van der Waals surface area contributed by atoms with Gasteiger partial charge in [-0.05, 0) is 36.8 Å². The Kier molecular flexibility index (Phi) is 3.72. The Morgan fingerprint density at radius 1 is 0.947 bits per heavy atom. The number of anilines is 1. The van der Waals surface area contributed by atoms with Crippen molar-refractivity contribution >= 4 is 16.7 Å². The molecule has 0 spiro atoms. The van der Waals surface area contributed by atoms with Gasteiger partial charge in [0.05, 0.1) is 17.0 Å². The molecule has 3 heteroatoms. The maximum Gasteiger partial charge on any atom is 0.363 e. The minimum Gasteiger partial charge on any atom is -1.00 e. The highest BCUT2D eigenvalue weighted by Crippen LogP contribution is 2.28. The molecule has 0 saturated carbocycles. The van der Waals surface area contributed by atoms with Gasteiger partial charge in [-0.3, -0.25) is 0 Å². The van der Waals surface area contributed by atoms with E-state index in [0.29, 0.717) is 0 Å². The number of rotatable bonds is 1. The van der Waals surface area contributed by atoms with Crippen LogP contribution in [-0.4, -0.2) is 0 Å². The van der Waals surface area contributed by atoms with Crippen molar-refractivity contribution in [2.24, 2.45) is 0 Å². The summed E-state index contributed by atoms with van der Waals surface area (Å²) in [4.78, 5) is 0. The van der Waals surface area contributed by atoms with Gasteiger partial charge >= 0.3 is 11.3 Å². The summed E-state index contributed by atoms with van der Waals surface area (Å²) < 4.78 is 5.93. The van der Waals surface area contributed by atoms with Crippen molar-refractivity contribution in [3.63, 3.8) is 0 Å². The molecule has 0 amide bonds. The van der Waals surface area contributed by atoms with Crippen molar-refractivity contribution in [2.45, 2.75) is 6.92 Å². The first-order valence-electron chi connectivity index (χ1n) is 5.92. The van der Waals surface area contributed by atoms with Gasteiger partial charge in [0.2, 0.25) is 0 Å². The first-order valence-corrected chi connectivity index (χ1v) is 5.92. The van der Waals surface area contributed by atoms with Crippen LogP contribution in [-0.2, 0) is 0 Å². The number of hydrogen-bond donors (Lipinski definition) is 1. The Morgan fingerprint density at radius 3 is 2.42 bits per heavy atom. The maximum atomic E-state index is 5.93. The lowest BCUT2D eigenvalue weighted by atomic mass is 10.1. The highest BCUT2D eigenvalue weighted by Gasteiger charge is 2.16. The second-order valence-corrected chi connectivity index (χ2v) is 4.42. The quantitative estimate of drug-likeness (QED) is 0.535. The van der Waals surface area contributed by atoms with E-state index in [0.717, 1.165) is 28.0 Å². The zero-order valence-electron chi connectivity index (χ0n) is 10.6.